The Morgan fingerprint density at radius 3 is 2.60 bits per heavy atom. The van der Waals surface area contributed by atoms with Crippen molar-refractivity contribution in [2.24, 2.45) is 0 Å². The summed E-state index contributed by atoms with van der Waals surface area (Å²) in [4.78, 5) is 50.5. The average molecular weight is 409 g/mol. The molecule has 9 heteroatoms. The summed E-state index contributed by atoms with van der Waals surface area (Å²) < 4.78 is 10.8. The van der Waals surface area contributed by atoms with Crippen LogP contribution in [-0.2, 0) is 23.9 Å². The van der Waals surface area contributed by atoms with Gasteiger partial charge in [0.05, 0.1) is 23.5 Å². The minimum atomic E-state index is -1.14. The van der Waals surface area contributed by atoms with Gasteiger partial charge in [-0.2, -0.15) is 0 Å². The van der Waals surface area contributed by atoms with Crippen LogP contribution in [0.15, 0.2) is 48.5 Å². The predicted octanol–water partition coefficient (Wildman–Crippen LogP) is 1.69. The molecule has 2 aliphatic rings. The minimum absolute atomic E-state index is 0.178. The predicted molar refractivity (Wildman–Crippen MR) is 107 cm³/mol. The van der Waals surface area contributed by atoms with Crippen molar-refractivity contribution in [2.45, 2.75) is 25.6 Å². The Kier molecular flexibility index (Phi) is 5.09. The first-order valence-electron chi connectivity index (χ1n) is 9.38. The van der Waals surface area contributed by atoms with Crippen molar-refractivity contribution in [2.75, 3.05) is 22.1 Å². The maximum atomic E-state index is 12.8. The summed E-state index contributed by atoms with van der Waals surface area (Å²) in [6.45, 7) is 1.25. The van der Waals surface area contributed by atoms with Crippen LogP contribution in [0.4, 0.5) is 17.1 Å². The van der Waals surface area contributed by atoms with E-state index >= 15 is 0 Å². The first-order chi connectivity index (χ1) is 14.4. The van der Waals surface area contributed by atoms with E-state index in [2.05, 4.69) is 10.6 Å². The van der Waals surface area contributed by atoms with Gasteiger partial charge in [0.1, 0.15) is 12.3 Å². The van der Waals surface area contributed by atoms with Crippen molar-refractivity contribution in [3.8, 4) is 5.75 Å². The van der Waals surface area contributed by atoms with Gasteiger partial charge in [0, 0.05) is 0 Å². The molecule has 0 saturated carbocycles. The van der Waals surface area contributed by atoms with Crippen LogP contribution in [0.5, 0.6) is 5.75 Å². The molecule has 0 radical (unpaired) electrons. The molecule has 2 aromatic carbocycles. The highest BCUT2D eigenvalue weighted by atomic mass is 16.6. The van der Waals surface area contributed by atoms with E-state index in [1.807, 2.05) is 0 Å². The lowest BCUT2D eigenvalue weighted by Gasteiger charge is -2.31. The van der Waals surface area contributed by atoms with Crippen LogP contribution in [0.25, 0.3) is 0 Å². The molecule has 0 bridgehead atoms. The third-order valence-corrected chi connectivity index (χ3v) is 4.75. The molecule has 0 spiro atoms. The molecular formula is C21H19N3O6. The zero-order valence-corrected chi connectivity index (χ0v) is 16.1. The van der Waals surface area contributed by atoms with E-state index in [1.54, 1.807) is 48.5 Å². The van der Waals surface area contributed by atoms with Crippen molar-refractivity contribution < 1.29 is 28.7 Å². The number of benzene rings is 2. The highest BCUT2D eigenvalue weighted by Crippen LogP contribution is 2.31. The molecule has 154 valence electrons. The van der Waals surface area contributed by atoms with Crippen molar-refractivity contribution in [3.05, 3.63) is 48.5 Å². The van der Waals surface area contributed by atoms with Gasteiger partial charge < -0.3 is 20.1 Å². The van der Waals surface area contributed by atoms with Gasteiger partial charge in [0.2, 0.25) is 5.91 Å². The second-order valence-electron chi connectivity index (χ2n) is 6.92. The van der Waals surface area contributed by atoms with Crippen LogP contribution in [0.1, 0.15) is 13.3 Å². The van der Waals surface area contributed by atoms with Crippen LogP contribution in [-0.4, -0.2) is 42.4 Å². The number of hydrogen-bond donors (Lipinski definition) is 2. The lowest BCUT2D eigenvalue weighted by Crippen LogP contribution is -2.47. The number of rotatable bonds is 4. The minimum Gasteiger partial charge on any atom is -0.478 e. The van der Waals surface area contributed by atoms with Gasteiger partial charge in [-0.3, -0.25) is 24.1 Å². The first kappa shape index (κ1) is 19.4. The van der Waals surface area contributed by atoms with E-state index in [4.69, 9.17) is 9.47 Å². The Hall–Kier alpha value is -3.88. The van der Waals surface area contributed by atoms with Crippen molar-refractivity contribution in [1.29, 1.82) is 0 Å². The number of nitrogens with one attached hydrogen (secondary N) is 2. The first-order valence-corrected chi connectivity index (χ1v) is 9.38. The van der Waals surface area contributed by atoms with Crippen LogP contribution >= 0.6 is 0 Å². The lowest BCUT2D eigenvalue weighted by atomic mass is 10.1. The van der Waals surface area contributed by atoms with E-state index in [0.717, 1.165) is 0 Å². The Morgan fingerprint density at radius 1 is 1.10 bits per heavy atom. The average Bonchev–Trinajstić information content (AvgIpc) is 2.73. The Balaban J connectivity index is 1.40. The number of carbonyl (C=O) groups excluding carboxylic acids is 4. The lowest BCUT2D eigenvalue weighted by molar-refractivity contribution is -0.156. The SMILES string of the molecule is C[C@H](OC(=O)C[C@H]1Oc2ccccc2NC1=O)C(=O)N1CC(=O)Nc2ccccc21. The molecule has 2 N–H and O–H groups in total. The molecule has 2 heterocycles. The van der Waals surface area contributed by atoms with Gasteiger partial charge in [0.15, 0.2) is 12.2 Å². The fourth-order valence-corrected chi connectivity index (χ4v) is 3.32. The maximum Gasteiger partial charge on any atom is 0.310 e. The molecule has 2 aliphatic heterocycles. The number of ether oxygens (including phenoxy) is 2. The van der Waals surface area contributed by atoms with E-state index in [0.29, 0.717) is 22.8 Å². The maximum absolute atomic E-state index is 12.8. The van der Waals surface area contributed by atoms with Gasteiger partial charge in [-0.15, -0.1) is 0 Å². The second kappa shape index (κ2) is 7.86. The molecule has 3 amide bonds. The molecular weight excluding hydrogens is 390 g/mol. The smallest absolute Gasteiger partial charge is 0.310 e. The molecule has 4 rings (SSSR count). The van der Waals surface area contributed by atoms with E-state index < -0.39 is 30.0 Å². The zero-order chi connectivity index (χ0) is 21.3. The number of esters is 1. The number of carbonyl (C=O) groups is 4. The summed E-state index contributed by atoms with van der Waals surface area (Å²) in [5.41, 5.74) is 1.56. The van der Waals surface area contributed by atoms with Crippen LogP contribution in [0.3, 0.4) is 0 Å². The van der Waals surface area contributed by atoms with E-state index in [9.17, 15) is 19.2 Å². The monoisotopic (exact) mass is 409 g/mol. The summed E-state index contributed by atoms with van der Waals surface area (Å²) in [7, 11) is 0. The summed E-state index contributed by atoms with van der Waals surface area (Å²) in [5, 5.41) is 5.36. The van der Waals surface area contributed by atoms with Gasteiger partial charge in [-0.25, -0.2) is 0 Å². The normalized spacial score (nSPS) is 18.2. The molecule has 30 heavy (non-hydrogen) atoms. The number of hydrogen-bond acceptors (Lipinski definition) is 6. The number of amides is 3. The third-order valence-electron chi connectivity index (χ3n) is 4.75. The van der Waals surface area contributed by atoms with Gasteiger partial charge in [-0.1, -0.05) is 24.3 Å². The van der Waals surface area contributed by atoms with Crippen molar-refractivity contribution >= 4 is 40.8 Å². The fraction of sp³-hybridized carbons (Fsp3) is 0.238. The highest BCUT2D eigenvalue weighted by molar-refractivity contribution is 6.11. The topological polar surface area (TPSA) is 114 Å². The molecule has 2 atom stereocenters. The number of fused-ring (bicyclic) bond motifs is 2. The largest absolute Gasteiger partial charge is 0.478 e. The third kappa shape index (κ3) is 3.82. The number of anilines is 3. The number of nitrogens with zero attached hydrogens (tertiary/aromatic N) is 1. The Bertz CT molecular complexity index is 1040. The Labute approximate surface area is 171 Å². The van der Waals surface area contributed by atoms with Crippen molar-refractivity contribution in [3.63, 3.8) is 0 Å². The van der Waals surface area contributed by atoms with E-state index in [1.165, 1.54) is 11.8 Å². The zero-order valence-electron chi connectivity index (χ0n) is 16.1. The summed E-state index contributed by atoms with van der Waals surface area (Å²) >= 11 is 0. The number of para-hydroxylation sites is 4. The van der Waals surface area contributed by atoms with Gasteiger partial charge >= 0.3 is 5.97 Å². The summed E-state index contributed by atoms with van der Waals surface area (Å²) in [5.74, 6) is -1.65. The molecule has 0 aliphatic carbocycles. The standard InChI is InChI=1S/C21H19N3O6/c1-12(21(28)24-11-18(25)22-13-6-2-4-8-15(13)24)29-19(26)10-17-20(27)23-14-7-3-5-9-16(14)30-17/h2-9,12,17H,10-11H2,1H3,(H,22,25)(H,23,27)/t12-,17+/m0/s1. The summed E-state index contributed by atoms with van der Waals surface area (Å²) in [6, 6.07) is 13.7. The van der Waals surface area contributed by atoms with Gasteiger partial charge in [0.25, 0.3) is 11.8 Å². The van der Waals surface area contributed by atoms with Crippen LogP contribution in [0, 0.1) is 0 Å². The van der Waals surface area contributed by atoms with Crippen molar-refractivity contribution in [1.82, 2.24) is 0 Å². The highest BCUT2D eigenvalue weighted by Gasteiger charge is 2.34. The molecule has 0 fully saturated rings. The van der Waals surface area contributed by atoms with Crippen LogP contribution in [0.2, 0.25) is 0 Å². The van der Waals surface area contributed by atoms with E-state index in [-0.39, 0.29) is 18.9 Å². The Morgan fingerprint density at radius 2 is 1.80 bits per heavy atom. The molecule has 9 nitrogen and oxygen atoms in total. The van der Waals surface area contributed by atoms with Gasteiger partial charge in [-0.05, 0) is 31.2 Å². The molecule has 0 aromatic heterocycles. The second-order valence-corrected chi connectivity index (χ2v) is 6.92. The molecule has 0 saturated heterocycles. The molecule has 0 unspecified atom stereocenters. The quantitative estimate of drug-likeness (QED) is 0.743. The fourth-order valence-electron chi connectivity index (χ4n) is 3.32. The summed E-state index contributed by atoms with van der Waals surface area (Å²) in [6.07, 6.45) is -2.55. The molecule has 2 aromatic rings. The van der Waals surface area contributed by atoms with Crippen LogP contribution < -0.4 is 20.3 Å².